The van der Waals surface area contributed by atoms with Gasteiger partial charge in [0.05, 0.1) is 0 Å². The molecule has 2 aromatic rings. The maximum Gasteiger partial charge on any atom is 0.275 e. The van der Waals surface area contributed by atoms with Gasteiger partial charge in [0.15, 0.2) is 0 Å². The van der Waals surface area contributed by atoms with Gasteiger partial charge in [-0.2, -0.15) is 0 Å². The number of carbonyl (C=O) groups excluding carboxylic acids is 1. The first-order valence-electron chi connectivity index (χ1n) is 5.77. The third-order valence-corrected chi connectivity index (χ3v) is 3.40. The van der Waals surface area contributed by atoms with Crippen LogP contribution >= 0.6 is 27.5 Å². The normalized spacial score (nSPS) is 10.2. The van der Waals surface area contributed by atoms with Gasteiger partial charge in [-0.3, -0.25) is 4.79 Å². The van der Waals surface area contributed by atoms with Crippen LogP contribution < -0.4 is 5.32 Å². The molecular formula is C14H12BrClN2O. The fourth-order valence-electron chi connectivity index (χ4n) is 1.61. The van der Waals surface area contributed by atoms with Crippen LogP contribution in [-0.2, 0) is 6.42 Å². The first-order chi connectivity index (χ1) is 9.20. The number of amides is 1. The van der Waals surface area contributed by atoms with E-state index >= 15 is 0 Å². The van der Waals surface area contributed by atoms with Gasteiger partial charge in [-0.25, -0.2) is 4.98 Å². The van der Waals surface area contributed by atoms with Crippen molar-refractivity contribution in [3.8, 4) is 0 Å². The molecule has 1 amide bonds. The van der Waals surface area contributed by atoms with Gasteiger partial charge >= 0.3 is 0 Å². The number of hydrogen-bond donors (Lipinski definition) is 1. The number of pyridine rings is 1. The first-order valence-corrected chi connectivity index (χ1v) is 7.10. The van der Waals surface area contributed by atoms with Gasteiger partial charge in [0.1, 0.15) is 5.69 Å². The second kappa shape index (κ2) is 6.68. The van der Waals surface area contributed by atoms with E-state index in [0.29, 0.717) is 16.0 Å². The molecule has 3 nitrogen and oxygen atoms in total. The lowest BCUT2D eigenvalue weighted by atomic mass is 10.1. The van der Waals surface area contributed by atoms with E-state index in [1.165, 1.54) is 0 Å². The van der Waals surface area contributed by atoms with Gasteiger partial charge in [0.2, 0.25) is 0 Å². The minimum absolute atomic E-state index is 0.238. The Morgan fingerprint density at radius 3 is 2.63 bits per heavy atom. The van der Waals surface area contributed by atoms with Crippen LogP contribution in [-0.4, -0.2) is 16.8 Å². The van der Waals surface area contributed by atoms with Crippen LogP contribution in [0.15, 0.2) is 47.1 Å². The van der Waals surface area contributed by atoms with E-state index in [-0.39, 0.29) is 5.91 Å². The van der Waals surface area contributed by atoms with E-state index in [2.05, 4.69) is 26.2 Å². The highest BCUT2D eigenvalue weighted by Gasteiger charge is 2.10. The molecular weight excluding hydrogens is 328 g/mol. The van der Waals surface area contributed by atoms with E-state index in [9.17, 15) is 4.79 Å². The Balaban J connectivity index is 2.09. The highest BCUT2D eigenvalue weighted by molar-refractivity contribution is 9.10. The number of halogens is 2. The van der Waals surface area contributed by atoms with Gasteiger partial charge in [0.25, 0.3) is 5.91 Å². The Labute approximate surface area is 125 Å². The summed E-state index contributed by atoms with van der Waals surface area (Å²) in [6, 6.07) is 11.2. The molecule has 1 aromatic carbocycles. The number of aromatic nitrogens is 1. The summed E-state index contributed by atoms with van der Waals surface area (Å²) in [5.74, 6) is 0.352. The lowest BCUT2D eigenvalue weighted by Crippen LogP contribution is -2.14. The molecule has 0 spiro atoms. The SMILES string of the molecule is O=C(Nc1ccc(CCCl)cc1)c1ncccc1Br. The van der Waals surface area contributed by atoms with Gasteiger partial charge < -0.3 is 5.32 Å². The number of anilines is 1. The average Bonchev–Trinajstić information content (AvgIpc) is 2.42. The van der Waals surface area contributed by atoms with Crippen LogP contribution in [0.4, 0.5) is 5.69 Å². The summed E-state index contributed by atoms with van der Waals surface area (Å²) in [7, 11) is 0. The van der Waals surface area contributed by atoms with E-state index in [1.54, 1.807) is 18.3 Å². The van der Waals surface area contributed by atoms with Crippen molar-refractivity contribution in [2.24, 2.45) is 0 Å². The molecule has 1 N–H and O–H groups in total. The van der Waals surface area contributed by atoms with Crippen LogP contribution in [0.2, 0.25) is 0 Å². The van der Waals surface area contributed by atoms with Crippen LogP contribution in [0, 0.1) is 0 Å². The third-order valence-electron chi connectivity index (χ3n) is 2.57. The number of nitrogens with zero attached hydrogens (tertiary/aromatic N) is 1. The highest BCUT2D eigenvalue weighted by Crippen LogP contribution is 2.16. The van der Waals surface area contributed by atoms with Crippen molar-refractivity contribution in [2.75, 3.05) is 11.2 Å². The zero-order valence-corrected chi connectivity index (χ0v) is 12.4. The van der Waals surface area contributed by atoms with Crippen molar-refractivity contribution in [3.05, 3.63) is 58.3 Å². The molecule has 0 aliphatic rings. The van der Waals surface area contributed by atoms with E-state index in [0.717, 1.165) is 17.7 Å². The smallest absolute Gasteiger partial charge is 0.275 e. The quantitative estimate of drug-likeness (QED) is 0.859. The molecule has 0 fully saturated rings. The van der Waals surface area contributed by atoms with E-state index in [1.807, 2.05) is 24.3 Å². The molecule has 1 heterocycles. The van der Waals surface area contributed by atoms with Crippen molar-refractivity contribution in [1.29, 1.82) is 0 Å². The molecule has 19 heavy (non-hydrogen) atoms. The Hall–Kier alpha value is -1.39. The summed E-state index contributed by atoms with van der Waals surface area (Å²) in [6.45, 7) is 0. The monoisotopic (exact) mass is 338 g/mol. The Morgan fingerprint density at radius 2 is 2.00 bits per heavy atom. The topological polar surface area (TPSA) is 42.0 Å². The van der Waals surface area contributed by atoms with Crippen molar-refractivity contribution in [1.82, 2.24) is 4.98 Å². The number of hydrogen-bond acceptors (Lipinski definition) is 2. The lowest BCUT2D eigenvalue weighted by Gasteiger charge is -2.06. The van der Waals surface area contributed by atoms with Crippen LogP contribution in [0.25, 0.3) is 0 Å². The molecule has 1 aromatic heterocycles. The van der Waals surface area contributed by atoms with Crippen molar-refractivity contribution < 1.29 is 4.79 Å². The molecule has 0 unspecified atom stereocenters. The Morgan fingerprint density at radius 1 is 1.26 bits per heavy atom. The molecule has 0 bridgehead atoms. The molecule has 0 radical (unpaired) electrons. The Bertz CT molecular complexity index is 572. The molecule has 5 heteroatoms. The zero-order valence-electron chi connectivity index (χ0n) is 10.1. The summed E-state index contributed by atoms with van der Waals surface area (Å²) < 4.78 is 0.672. The number of nitrogens with one attached hydrogen (secondary N) is 1. The van der Waals surface area contributed by atoms with Crippen molar-refractivity contribution in [3.63, 3.8) is 0 Å². The molecule has 0 aliphatic carbocycles. The minimum Gasteiger partial charge on any atom is -0.321 e. The maximum atomic E-state index is 12.0. The molecule has 0 saturated heterocycles. The maximum absolute atomic E-state index is 12.0. The highest BCUT2D eigenvalue weighted by atomic mass is 79.9. The number of aryl methyl sites for hydroxylation is 1. The fourth-order valence-corrected chi connectivity index (χ4v) is 2.26. The standard InChI is InChI=1S/C14H12BrClN2O/c15-12-2-1-9-17-13(12)14(19)18-11-5-3-10(4-6-11)7-8-16/h1-6,9H,7-8H2,(H,18,19). The molecule has 0 aliphatic heterocycles. The van der Waals surface area contributed by atoms with Crippen LogP contribution in [0.5, 0.6) is 0 Å². The van der Waals surface area contributed by atoms with E-state index < -0.39 is 0 Å². The zero-order chi connectivity index (χ0) is 13.7. The molecule has 98 valence electrons. The summed E-state index contributed by atoms with van der Waals surface area (Å²) >= 11 is 8.98. The number of alkyl halides is 1. The lowest BCUT2D eigenvalue weighted by molar-refractivity contribution is 0.102. The third kappa shape index (κ3) is 3.78. The van der Waals surface area contributed by atoms with Gasteiger partial charge in [-0.05, 0) is 52.2 Å². The van der Waals surface area contributed by atoms with Gasteiger partial charge in [0, 0.05) is 22.2 Å². The summed E-state index contributed by atoms with van der Waals surface area (Å²) in [5.41, 5.74) is 2.25. The second-order valence-electron chi connectivity index (χ2n) is 3.92. The average molecular weight is 340 g/mol. The van der Waals surface area contributed by atoms with Crippen LogP contribution in [0.3, 0.4) is 0 Å². The Kier molecular flexibility index (Phi) is 4.93. The number of benzene rings is 1. The van der Waals surface area contributed by atoms with Gasteiger partial charge in [-0.15, -0.1) is 11.6 Å². The van der Waals surface area contributed by atoms with Crippen LogP contribution in [0.1, 0.15) is 16.1 Å². The van der Waals surface area contributed by atoms with Crippen molar-refractivity contribution in [2.45, 2.75) is 6.42 Å². The summed E-state index contributed by atoms with van der Waals surface area (Å²) in [4.78, 5) is 16.1. The molecule has 2 rings (SSSR count). The first kappa shape index (κ1) is 14.0. The van der Waals surface area contributed by atoms with E-state index in [4.69, 9.17) is 11.6 Å². The number of carbonyl (C=O) groups is 1. The van der Waals surface area contributed by atoms with Gasteiger partial charge in [-0.1, -0.05) is 12.1 Å². The number of rotatable bonds is 4. The molecule has 0 atom stereocenters. The summed E-state index contributed by atoms with van der Waals surface area (Å²) in [6.07, 6.45) is 2.41. The fraction of sp³-hybridized carbons (Fsp3) is 0.143. The predicted octanol–water partition coefficient (Wildman–Crippen LogP) is 3.88. The summed E-state index contributed by atoms with van der Waals surface area (Å²) in [5, 5.41) is 2.80. The largest absolute Gasteiger partial charge is 0.321 e. The minimum atomic E-state index is -0.238. The predicted molar refractivity (Wildman–Crippen MR) is 80.8 cm³/mol. The molecule has 0 saturated carbocycles. The second-order valence-corrected chi connectivity index (χ2v) is 5.16. The van der Waals surface area contributed by atoms with Crippen molar-refractivity contribution >= 4 is 39.1 Å².